The van der Waals surface area contributed by atoms with E-state index in [9.17, 15) is 0 Å². The van der Waals surface area contributed by atoms with Crippen LogP contribution in [0.4, 0.5) is 0 Å². The van der Waals surface area contributed by atoms with Crippen molar-refractivity contribution in [3.05, 3.63) is 29.0 Å². The molecule has 4 heterocycles. The molecule has 2 aliphatic heterocycles. The predicted octanol–water partition coefficient (Wildman–Crippen LogP) is 1.00. The van der Waals surface area contributed by atoms with E-state index in [4.69, 9.17) is 19.9 Å². The topological polar surface area (TPSA) is 108 Å². The van der Waals surface area contributed by atoms with E-state index in [0.717, 1.165) is 80.7 Å². The van der Waals surface area contributed by atoms with Gasteiger partial charge in [-0.1, -0.05) is 0 Å². The van der Waals surface area contributed by atoms with E-state index in [1.807, 2.05) is 6.92 Å². The van der Waals surface area contributed by atoms with Crippen molar-refractivity contribution in [1.29, 1.82) is 0 Å². The Labute approximate surface area is 164 Å². The van der Waals surface area contributed by atoms with Crippen molar-refractivity contribution < 1.29 is 9.15 Å². The van der Waals surface area contributed by atoms with Gasteiger partial charge in [0.25, 0.3) is 0 Å². The highest BCUT2D eigenvalue weighted by molar-refractivity contribution is 5.81. The maximum Gasteiger partial charge on any atom is 0.218 e. The number of aromatic nitrogens is 4. The molecule has 5 rings (SSSR count). The van der Waals surface area contributed by atoms with Crippen LogP contribution in [0.15, 0.2) is 9.41 Å². The summed E-state index contributed by atoms with van der Waals surface area (Å²) in [5.74, 6) is 4.23. The first-order chi connectivity index (χ1) is 13.6. The summed E-state index contributed by atoms with van der Waals surface area (Å²) in [6, 6.07) is 0.0548. The first-order valence-electron chi connectivity index (χ1n) is 10.1. The molecule has 1 aliphatic carbocycles. The Balaban J connectivity index is 1.29. The van der Waals surface area contributed by atoms with Crippen molar-refractivity contribution in [3.63, 3.8) is 0 Å². The quantitative estimate of drug-likeness (QED) is 0.836. The van der Waals surface area contributed by atoms with Crippen LogP contribution in [-0.2, 0) is 24.1 Å². The standard InChI is InChI=1S/C19H27N7O2/c1-11-21-13-10-25(8-6-14(13)28-11)9-7-16-22-18-12-4-3-5-15(27-2)17(12)23-19(20)26(18)24-16/h12,15,17H,3-10H2,1-2H3,(H2,20,23). The van der Waals surface area contributed by atoms with Crippen molar-refractivity contribution in [3.8, 4) is 0 Å². The number of aryl methyl sites for hydroxylation is 1. The van der Waals surface area contributed by atoms with Crippen molar-refractivity contribution in [2.24, 2.45) is 10.7 Å². The molecule has 150 valence electrons. The highest BCUT2D eigenvalue weighted by Crippen LogP contribution is 2.37. The number of oxazole rings is 1. The molecule has 2 N–H and O–H groups in total. The summed E-state index contributed by atoms with van der Waals surface area (Å²) in [7, 11) is 1.75. The van der Waals surface area contributed by atoms with E-state index in [-0.39, 0.29) is 18.1 Å². The third-order valence-electron chi connectivity index (χ3n) is 6.17. The van der Waals surface area contributed by atoms with Crippen molar-refractivity contribution >= 4 is 5.96 Å². The number of hydrogen-bond donors (Lipinski definition) is 1. The summed E-state index contributed by atoms with van der Waals surface area (Å²) < 4.78 is 13.0. The van der Waals surface area contributed by atoms with Gasteiger partial charge in [0.1, 0.15) is 11.6 Å². The molecule has 0 radical (unpaired) electrons. The first kappa shape index (κ1) is 17.8. The van der Waals surface area contributed by atoms with Gasteiger partial charge in [0, 0.05) is 52.4 Å². The molecule has 2 aromatic rings. The number of fused-ring (bicyclic) bond motifs is 4. The predicted molar refractivity (Wildman–Crippen MR) is 102 cm³/mol. The van der Waals surface area contributed by atoms with Crippen LogP contribution in [0.5, 0.6) is 0 Å². The highest BCUT2D eigenvalue weighted by atomic mass is 16.5. The number of nitrogens with zero attached hydrogens (tertiary/aromatic N) is 6. The van der Waals surface area contributed by atoms with E-state index < -0.39 is 0 Å². The van der Waals surface area contributed by atoms with Gasteiger partial charge in [0.05, 0.1) is 17.8 Å². The molecule has 9 nitrogen and oxygen atoms in total. The zero-order valence-corrected chi connectivity index (χ0v) is 16.5. The minimum Gasteiger partial charge on any atom is -0.446 e. The molecule has 0 aromatic carbocycles. The molecule has 1 saturated carbocycles. The molecule has 9 heteroatoms. The largest absolute Gasteiger partial charge is 0.446 e. The Morgan fingerprint density at radius 3 is 3.04 bits per heavy atom. The number of aliphatic imine (C=N–C) groups is 1. The van der Waals surface area contributed by atoms with Crippen molar-refractivity contribution in [1.82, 2.24) is 24.6 Å². The van der Waals surface area contributed by atoms with Gasteiger partial charge < -0.3 is 14.9 Å². The number of ether oxygens (including phenoxy) is 1. The normalized spacial score (nSPS) is 27.1. The Hall–Kier alpha value is -2.26. The second-order valence-corrected chi connectivity index (χ2v) is 7.97. The van der Waals surface area contributed by atoms with E-state index in [1.54, 1.807) is 11.8 Å². The lowest BCUT2D eigenvalue weighted by molar-refractivity contribution is 0.0437. The third kappa shape index (κ3) is 3.02. The SMILES string of the molecule is COC1CCCC2c3nc(CCN4CCc5oc(C)nc5C4)nn3C(N)=NC12. The molecule has 3 atom stereocenters. The second kappa shape index (κ2) is 6.97. The van der Waals surface area contributed by atoms with Crippen LogP contribution in [0.2, 0.25) is 0 Å². The Bertz CT molecular complexity index is 902. The van der Waals surface area contributed by atoms with Crippen molar-refractivity contribution in [2.45, 2.75) is 63.6 Å². The summed E-state index contributed by atoms with van der Waals surface area (Å²) in [6.45, 7) is 4.59. The second-order valence-electron chi connectivity index (χ2n) is 7.97. The van der Waals surface area contributed by atoms with Gasteiger partial charge in [-0.2, -0.15) is 4.68 Å². The molecule has 28 heavy (non-hydrogen) atoms. The summed E-state index contributed by atoms with van der Waals surface area (Å²) in [4.78, 5) is 16.4. The molecule has 0 amide bonds. The van der Waals surface area contributed by atoms with Crippen LogP contribution in [-0.4, -0.2) is 63.0 Å². The van der Waals surface area contributed by atoms with Gasteiger partial charge in [-0.05, 0) is 19.3 Å². The Morgan fingerprint density at radius 2 is 2.18 bits per heavy atom. The van der Waals surface area contributed by atoms with E-state index in [2.05, 4.69) is 20.0 Å². The number of methoxy groups -OCH3 is 1. The molecule has 3 unspecified atom stereocenters. The molecular formula is C19H27N7O2. The lowest BCUT2D eigenvalue weighted by Gasteiger charge is -2.36. The fourth-order valence-electron chi connectivity index (χ4n) is 4.77. The zero-order valence-electron chi connectivity index (χ0n) is 16.5. The van der Waals surface area contributed by atoms with E-state index >= 15 is 0 Å². The van der Waals surface area contributed by atoms with Crippen LogP contribution in [0, 0.1) is 6.92 Å². The fourth-order valence-corrected chi connectivity index (χ4v) is 4.77. The summed E-state index contributed by atoms with van der Waals surface area (Å²) in [5, 5.41) is 4.65. The van der Waals surface area contributed by atoms with Gasteiger partial charge in [-0.15, -0.1) is 5.10 Å². The molecule has 1 fully saturated rings. The Morgan fingerprint density at radius 1 is 1.29 bits per heavy atom. The van der Waals surface area contributed by atoms with Crippen LogP contribution >= 0.6 is 0 Å². The average Bonchev–Trinajstić information content (AvgIpc) is 3.28. The average molecular weight is 385 g/mol. The molecule has 3 aliphatic rings. The highest BCUT2D eigenvalue weighted by Gasteiger charge is 2.40. The Kier molecular flexibility index (Phi) is 4.43. The van der Waals surface area contributed by atoms with Crippen LogP contribution in [0.1, 0.15) is 54.2 Å². The molecular weight excluding hydrogens is 358 g/mol. The number of nitrogens with two attached hydrogens (primary N) is 1. The van der Waals surface area contributed by atoms with Gasteiger partial charge in [0.15, 0.2) is 11.7 Å². The molecule has 0 bridgehead atoms. The monoisotopic (exact) mass is 385 g/mol. The maximum absolute atomic E-state index is 6.20. The van der Waals surface area contributed by atoms with Gasteiger partial charge in [-0.25, -0.2) is 15.0 Å². The minimum atomic E-state index is 0.0548. The van der Waals surface area contributed by atoms with Crippen molar-refractivity contribution in [2.75, 3.05) is 20.2 Å². The fraction of sp³-hybridized carbons (Fsp3) is 0.684. The van der Waals surface area contributed by atoms with E-state index in [0.29, 0.717) is 5.96 Å². The third-order valence-corrected chi connectivity index (χ3v) is 6.17. The molecule has 0 saturated heterocycles. The van der Waals surface area contributed by atoms with Crippen LogP contribution in [0.25, 0.3) is 0 Å². The lowest BCUT2D eigenvalue weighted by atomic mass is 9.81. The molecule has 0 spiro atoms. The molecule has 2 aromatic heterocycles. The minimum absolute atomic E-state index is 0.0548. The zero-order chi connectivity index (χ0) is 19.3. The smallest absolute Gasteiger partial charge is 0.218 e. The van der Waals surface area contributed by atoms with Crippen LogP contribution in [0.3, 0.4) is 0 Å². The van der Waals surface area contributed by atoms with Gasteiger partial charge in [-0.3, -0.25) is 4.90 Å². The summed E-state index contributed by atoms with van der Waals surface area (Å²) in [6.07, 6.45) is 4.99. The van der Waals surface area contributed by atoms with Crippen LogP contribution < -0.4 is 5.73 Å². The summed E-state index contributed by atoms with van der Waals surface area (Å²) in [5.41, 5.74) is 7.27. The maximum atomic E-state index is 6.20. The number of hydrogen-bond acceptors (Lipinski definition) is 8. The number of rotatable bonds is 4. The van der Waals surface area contributed by atoms with E-state index in [1.165, 1.54) is 0 Å². The first-order valence-corrected chi connectivity index (χ1v) is 10.1. The van der Waals surface area contributed by atoms with Gasteiger partial charge in [0.2, 0.25) is 5.96 Å². The lowest BCUT2D eigenvalue weighted by Crippen LogP contribution is -2.44. The summed E-state index contributed by atoms with van der Waals surface area (Å²) >= 11 is 0. The van der Waals surface area contributed by atoms with Gasteiger partial charge >= 0.3 is 0 Å².